The van der Waals surface area contributed by atoms with Crippen molar-refractivity contribution in [3.63, 3.8) is 0 Å². The Morgan fingerprint density at radius 2 is 2.00 bits per heavy atom. The number of halogens is 1. The highest BCUT2D eigenvalue weighted by molar-refractivity contribution is 9.10. The average molecular weight is 297 g/mol. The van der Waals surface area contributed by atoms with Crippen LogP contribution in [0.15, 0.2) is 28.7 Å². The van der Waals surface area contributed by atoms with Crippen LogP contribution in [-0.4, -0.2) is 38.0 Å². The van der Waals surface area contributed by atoms with Crippen molar-refractivity contribution in [3.8, 4) is 0 Å². The first kappa shape index (κ1) is 12.4. The van der Waals surface area contributed by atoms with Crippen LogP contribution in [-0.2, 0) is 4.79 Å². The van der Waals surface area contributed by atoms with Crippen LogP contribution in [0.25, 0.3) is 0 Å². The molecule has 92 valence electrons. The van der Waals surface area contributed by atoms with Crippen LogP contribution in [0.5, 0.6) is 0 Å². The summed E-state index contributed by atoms with van der Waals surface area (Å²) in [6.07, 6.45) is 0.951. The van der Waals surface area contributed by atoms with E-state index in [-0.39, 0.29) is 11.8 Å². The Hall–Kier alpha value is -1.03. The first-order valence-electron chi connectivity index (χ1n) is 5.79. The van der Waals surface area contributed by atoms with Gasteiger partial charge in [-0.15, -0.1) is 0 Å². The molecular formula is C13H17BrN2O. The van der Waals surface area contributed by atoms with Gasteiger partial charge in [0.2, 0.25) is 5.91 Å². The Kier molecular flexibility index (Phi) is 3.72. The fourth-order valence-electron chi connectivity index (χ4n) is 2.21. The van der Waals surface area contributed by atoms with E-state index in [0.717, 1.165) is 24.0 Å². The molecular weight excluding hydrogens is 280 g/mol. The van der Waals surface area contributed by atoms with Gasteiger partial charge in [0, 0.05) is 37.3 Å². The fraction of sp³-hybridized carbons (Fsp3) is 0.462. The summed E-state index contributed by atoms with van der Waals surface area (Å²) in [6, 6.07) is 8.26. The summed E-state index contributed by atoms with van der Waals surface area (Å²) < 4.78 is 1.08. The van der Waals surface area contributed by atoms with Crippen LogP contribution in [0.2, 0.25) is 0 Å². The van der Waals surface area contributed by atoms with E-state index in [1.807, 2.05) is 26.2 Å². The van der Waals surface area contributed by atoms with E-state index in [4.69, 9.17) is 0 Å². The van der Waals surface area contributed by atoms with Gasteiger partial charge in [-0.3, -0.25) is 4.79 Å². The normalized spacial score (nSPS) is 19.5. The van der Waals surface area contributed by atoms with Crippen LogP contribution < -0.4 is 4.90 Å². The zero-order valence-corrected chi connectivity index (χ0v) is 11.8. The molecule has 1 aromatic rings. The Labute approximate surface area is 111 Å². The molecule has 4 heteroatoms. The summed E-state index contributed by atoms with van der Waals surface area (Å²) in [5.41, 5.74) is 1.20. The van der Waals surface area contributed by atoms with E-state index in [1.165, 1.54) is 5.69 Å². The van der Waals surface area contributed by atoms with Crippen LogP contribution >= 0.6 is 15.9 Å². The molecule has 1 amide bonds. The minimum absolute atomic E-state index is 0.147. The standard InChI is InChI=1S/C13H17BrN2O/c1-15(2)13(17)10-7-8-16(9-10)12-5-3-11(14)4-6-12/h3-6,10H,7-9H2,1-2H3/t10-/m0/s1. The smallest absolute Gasteiger partial charge is 0.227 e. The first-order chi connectivity index (χ1) is 8.08. The van der Waals surface area contributed by atoms with Crippen molar-refractivity contribution >= 4 is 27.5 Å². The zero-order valence-electron chi connectivity index (χ0n) is 10.2. The van der Waals surface area contributed by atoms with Gasteiger partial charge < -0.3 is 9.80 Å². The van der Waals surface area contributed by atoms with Crippen molar-refractivity contribution in [2.75, 3.05) is 32.1 Å². The Balaban J connectivity index is 2.03. The highest BCUT2D eigenvalue weighted by atomic mass is 79.9. The molecule has 1 fully saturated rings. The largest absolute Gasteiger partial charge is 0.371 e. The molecule has 0 bridgehead atoms. The fourth-order valence-corrected chi connectivity index (χ4v) is 2.48. The van der Waals surface area contributed by atoms with Crippen molar-refractivity contribution in [1.82, 2.24) is 4.90 Å². The second kappa shape index (κ2) is 5.08. The summed E-state index contributed by atoms with van der Waals surface area (Å²) in [7, 11) is 3.65. The maximum Gasteiger partial charge on any atom is 0.227 e. The van der Waals surface area contributed by atoms with Gasteiger partial charge in [-0.05, 0) is 30.7 Å². The minimum atomic E-state index is 0.147. The van der Waals surface area contributed by atoms with E-state index in [9.17, 15) is 4.79 Å². The Morgan fingerprint density at radius 1 is 1.35 bits per heavy atom. The van der Waals surface area contributed by atoms with E-state index in [1.54, 1.807) is 4.90 Å². The summed E-state index contributed by atoms with van der Waals surface area (Å²) in [5.74, 6) is 0.387. The molecule has 17 heavy (non-hydrogen) atoms. The molecule has 0 saturated carbocycles. The third-order valence-corrected chi connectivity index (χ3v) is 3.70. The Bertz CT molecular complexity index is 402. The zero-order chi connectivity index (χ0) is 12.4. The van der Waals surface area contributed by atoms with Crippen molar-refractivity contribution in [1.29, 1.82) is 0 Å². The van der Waals surface area contributed by atoms with Gasteiger partial charge in [0.05, 0.1) is 5.92 Å². The predicted octanol–water partition coefficient (Wildman–Crippen LogP) is 2.36. The van der Waals surface area contributed by atoms with Crippen LogP contribution in [0, 0.1) is 5.92 Å². The van der Waals surface area contributed by atoms with Crippen molar-refractivity contribution in [2.45, 2.75) is 6.42 Å². The molecule has 0 spiro atoms. The van der Waals surface area contributed by atoms with Gasteiger partial charge in [0.1, 0.15) is 0 Å². The topological polar surface area (TPSA) is 23.6 Å². The number of anilines is 1. The van der Waals surface area contributed by atoms with Crippen LogP contribution in [0.1, 0.15) is 6.42 Å². The predicted molar refractivity (Wildman–Crippen MR) is 73.2 cm³/mol. The van der Waals surface area contributed by atoms with E-state index < -0.39 is 0 Å². The lowest BCUT2D eigenvalue weighted by Crippen LogP contribution is -2.31. The third kappa shape index (κ3) is 2.80. The first-order valence-corrected chi connectivity index (χ1v) is 6.59. The minimum Gasteiger partial charge on any atom is -0.371 e. The molecule has 1 aliphatic heterocycles. The molecule has 0 radical (unpaired) electrons. The summed E-state index contributed by atoms with van der Waals surface area (Å²) in [6.45, 7) is 1.80. The highest BCUT2D eigenvalue weighted by Gasteiger charge is 2.29. The molecule has 1 heterocycles. The third-order valence-electron chi connectivity index (χ3n) is 3.17. The average Bonchev–Trinajstić information content (AvgIpc) is 2.78. The molecule has 1 atom stereocenters. The second-order valence-corrected chi connectivity index (χ2v) is 5.56. The molecule has 1 saturated heterocycles. The summed E-state index contributed by atoms with van der Waals surface area (Å²) in [5, 5.41) is 0. The lowest BCUT2D eigenvalue weighted by atomic mass is 10.1. The molecule has 0 N–H and O–H groups in total. The van der Waals surface area contributed by atoms with Gasteiger partial charge in [-0.2, -0.15) is 0 Å². The van der Waals surface area contributed by atoms with Crippen LogP contribution in [0.3, 0.4) is 0 Å². The van der Waals surface area contributed by atoms with E-state index in [0.29, 0.717) is 0 Å². The van der Waals surface area contributed by atoms with Crippen LogP contribution in [0.4, 0.5) is 5.69 Å². The van der Waals surface area contributed by atoms with Gasteiger partial charge in [-0.25, -0.2) is 0 Å². The number of carbonyl (C=O) groups excluding carboxylic acids is 1. The molecule has 0 aromatic heterocycles. The number of carbonyl (C=O) groups is 1. The monoisotopic (exact) mass is 296 g/mol. The van der Waals surface area contributed by atoms with Crippen molar-refractivity contribution in [3.05, 3.63) is 28.7 Å². The van der Waals surface area contributed by atoms with E-state index >= 15 is 0 Å². The molecule has 1 aromatic carbocycles. The van der Waals surface area contributed by atoms with Gasteiger partial charge in [0.15, 0.2) is 0 Å². The lowest BCUT2D eigenvalue weighted by molar-refractivity contribution is -0.132. The number of hydrogen-bond acceptors (Lipinski definition) is 2. The SMILES string of the molecule is CN(C)C(=O)[C@H]1CCN(c2ccc(Br)cc2)C1. The van der Waals surface area contributed by atoms with Gasteiger partial charge >= 0.3 is 0 Å². The number of hydrogen-bond donors (Lipinski definition) is 0. The number of benzene rings is 1. The molecule has 0 unspecified atom stereocenters. The number of rotatable bonds is 2. The summed E-state index contributed by atoms with van der Waals surface area (Å²) >= 11 is 3.43. The van der Waals surface area contributed by atoms with Crippen molar-refractivity contribution < 1.29 is 4.79 Å². The molecule has 2 rings (SSSR count). The maximum absolute atomic E-state index is 11.9. The lowest BCUT2D eigenvalue weighted by Gasteiger charge is -2.20. The van der Waals surface area contributed by atoms with E-state index in [2.05, 4.69) is 33.0 Å². The van der Waals surface area contributed by atoms with Crippen molar-refractivity contribution in [2.24, 2.45) is 5.92 Å². The second-order valence-electron chi connectivity index (χ2n) is 4.64. The number of nitrogens with zero attached hydrogens (tertiary/aromatic N) is 2. The maximum atomic E-state index is 11.9. The quantitative estimate of drug-likeness (QED) is 0.836. The molecule has 3 nitrogen and oxygen atoms in total. The van der Waals surface area contributed by atoms with Gasteiger partial charge in [-0.1, -0.05) is 15.9 Å². The molecule has 1 aliphatic rings. The molecule has 0 aliphatic carbocycles. The Morgan fingerprint density at radius 3 is 2.59 bits per heavy atom. The highest BCUT2D eigenvalue weighted by Crippen LogP contribution is 2.25. The summed E-state index contributed by atoms with van der Waals surface area (Å²) in [4.78, 5) is 15.8. The van der Waals surface area contributed by atoms with Gasteiger partial charge in [0.25, 0.3) is 0 Å². The number of amides is 1.